The molecule has 23 heavy (non-hydrogen) atoms. The summed E-state index contributed by atoms with van der Waals surface area (Å²) in [6.45, 7) is 2.71. The second-order valence-electron chi connectivity index (χ2n) is 5.25. The summed E-state index contributed by atoms with van der Waals surface area (Å²) in [6.07, 6.45) is 4.15. The molecule has 0 radical (unpaired) electrons. The van der Waals surface area contributed by atoms with Gasteiger partial charge in [-0.05, 0) is 24.6 Å². The Bertz CT molecular complexity index is 626. The molecule has 0 aliphatic rings. The summed E-state index contributed by atoms with van der Waals surface area (Å²) in [5.41, 5.74) is 1.97. The predicted octanol–water partition coefficient (Wildman–Crippen LogP) is 3.83. The molecular formula is C18H23N3O2. The van der Waals surface area contributed by atoms with Gasteiger partial charge in [-0.2, -0.15) is 0 Å². The van der Waals surface area contributed by atoms with Gasteiger partial charge >= 0.3 is 0 Å². The Kier molecular flexibility index (Phi) is 6.41. The van der Waals surface area contributed by atoms with Gasteiger partial charge in [0.2, 0.25) is 5.91 Å². The van der Waals surface area contributed by atoms with Gasteiger partial charge in [0.05, 0.1) is 19.0 Å². The summed E-state index contributed by atoms with van der Waals surface area (Å²) >= 11 is 0. The lowest BCUT2D eigenvalue weighted by molar-refractivity contribution is -0.116. The van der Waals surface area contributed by atoms with E-state index in [2.05, 4.69) is 22.5 Å². The fourth-order valence-corrected chi connectivity index (χ4v) is 2.16. The highest BCUT2D eigenvalue weighted by molar-refractivity contribution is 5.89. The molecule has 0 spiro atoms. The number of aromatic nitrogens is 1. The number of carbonyl (C=O) groups excluding carboxylic acids is 1. The fraction of sp³-hybridized carbons (Fsp3) is 0.333. The fourth-order valence-electron chi connectivity index (χ4n) is 2.16. The summed E-state index contributed by atoms with van der Waals surface area (Å²) in [7, 11) is 1.66. The maximum absolute atomic E-state index is 11.7. The maximum Gasteiger partial charge on any atom is 0.225 e. The van der Waals surface area contributed by atoms with Crippen LogP contribution in [0.25, 0.3) is 0 Å². The van der Waals surface area contributed by atoms with Gasteiger partial charge in [0.1, 0.15) is 11.6 Å². The summed E-state index contributed by atoms with van der Waals surface area (Å²) in [6, 6.07) is 11.6. The zero-order chi connectivity index (χ0) is 16.5. The molecule has 1 aromatic heterocycles. The quantitative estimate of drug-likeness (QED) is 0.777. The van der Waals surface area contributed by atoms with Crippen LogP contribution in [-0.2, 0) is 11.3 Å². The minimum Gasteiger partial charge on any atom is -0.496 e. The van der Waals surface area contributed by atoms with Gasteiger partial charge in [0, 0.05) is 18.5 Å². The zero-order valence-corrected chi connectivity index (χ0v) is 13.6. The Morgan fingerprint density at radius 2 is 2.04 bits per heavy atom. The number of carbonyl (C=O) groups is 1. The van der Waals surface area contributed by atoms with E-state index in [4.69, 9.17) is 4.74 Å². The number of pyridine rings is 1. The van der Waals surface area contributed by atoms with Crippen LogP contribution in [0.15, 0.2) is 42.6 Å². The van der Waals surface area contributed by atoms with E-state index in [1.54, 1.807) is 19.4 Å². The summed E-state index contributed by atoms with van der Waals surface area (Å²) in [4.78, 5) is 15.9. The third-order valence-electron chi connectivity index (χ3n) is 3.46. The molecule has 0 atom stereocenters. The Labute approximate surface area is 137 Å². The van der Waals surface area contributed by atoms with E-state index in [0.717, 1.165) is 29.8 Å². The number of hydrogen-bond donors (Lipinski definition) is 2. The van der Waals surface area contributed by atoms with Gasteiger partial charge in [0.25, 0.3) is 0 Å². The second kappa shape index (κ2) is 8.78. The van der Waals surface area contributed by atoms with Crippen molar-refractivity contribution in [3.8, 4) is 5.75 Å². The molecule has 0 aliphatic heterocycles. The molecule has 1 heterocycles. The van der Waals surface area contributed by atoms with Crippen molar-refractivity contribution in [2.24, 2.45) is 0 Å². The predicted molar refractivity (Wildman–Crippen MR) is 92.7 cm³/mol. The van der Waals surface area contributed by atoms with Crippen molar-refractivity contribution in [1.29, 1.82) is 0 Å². The first-order valence-electron chi connectivity index (χ1n) is 7.84. The van der Waals surface area contributed by atoms with Crippen LogP contribution < -0.4 is 15.4 Å². The molecule has 0 bridgehead atoms. The van der Waals surface area contributed by atoms with Gasteiger partial charge in [-0.1, -0.05) is 31.5 Å². The number of para-hydroxylation sites is 1. The van der Waals surface area contributed by atoms with Crippen LogP contribution in [0.1, 0.15) is 31.7 Å². The van der Waals surface area contributed by atoms with E-state index in [1.807, 2.05) is 30.3 Å². The third-order valence-corrected chi connectivity index (χ3v) is 3.46. The first-order valence-corrected chi connectivity index (χ1v) is 7.84. The minimum absolute atomic E-state index is 0.00841. The van der Waals surface area contributed by atoms with E-state index in [-0.39, 0.29) is 5.91 Å². The van der Waals surface area contributed by atoms with Crippen molar-refractivity contribution >= 4 is 17.4 Å². The second-order valence-corrected chi connectivity index (χ2v) is 5.25. The highest BCUT2D eigenvalue weighted by atomic mass is 16.5. The van der Waals surface area contributed by atoms with Gasteiger partial charge in [-0.25, -0.2) is 4.98 Å². The normalized spacial score (nSPS) is 10.2. The molecule has 0 aliphatic carbocycles. The number of amides is 1. The Morgan fingerprint density at radius 1 is 1.22 bits per heavy atom. The van der Waals surface area contributed by atoms with Crippen LogP contribution in [0.2, 0.25) is 0 Å². The van der Waals surface area contributed by atoms with Crippen LogP contribution >= 0.6 is 0 Å². The lowest BCUT2D eigenvalue weighted by atomic mass is 10.2. The molecule has 0 fully saturated rings. The smallest absolute Gasteiger partial charge is 0.225 e. The number of methoxy groups -OCH3 is 1. The average molecular weight is 313 g/mol. The highest BCUT2D eigenvalue weighted by Gasteiger charge is 2.04. The number of nitrogens with one attached hydrogen (secondary N) is 2. The van der Waals surface area contributed by atoms with Crippen LogP contribution in [0.3, 0.4) is 0 Å². The molecule has 2 aromatic rings. The molecule has 2 N–H and O–H groups in total. The van der Waals surface area contributed by atoms with Gasteiger partial charge in [0.15, 0.2) is 0 Å². The van der Waals surface area contributed by atoms with Crippen molar-refractivity contribution in [3.63, 3.8) is 0 Å². The standard InChI is InChI=1S/C18H23N3O2/c1-3-4-9-18(22)21-17-11-10-15(13-20-17)19-12-14-7-5-6-8-16(14)23-2/h5-8,10-11,13,19H,3-4,9,12H2,1-2H3,(H,20,21,22). The topological polar surface area (TPSA) is 63.2 Å². The number of anilines is 2. The van der Waals surface area contributed by atoms with Gasteiger partial charge < -0.3 is 15.4 Å². The monoisotopic (exact) mass is 313 g/mol. The summed E-state index contributed by atoms with van der Waals surface area (Å²) in [5, 5.41) is 6.09. The van der Waals surface area contributed by atoms with E-state index >= 15 is 0 Å². The lowest BCUT2D eigenvalue weighted by Crippen LogP contribution is -2.12. The van der Waals surface area contributed by atoms with E-state index < -0.39 is 0 Å². The molecule has 0 unspecified atom stereocenters. The zero-order valence-electron chi connectivity index (χ0n) is 13.6. The SMILES string of the molecule is CCCCC(=O)Nc1ccc(NCc2ccccc2OC)cn1. The molecular weight excluding hydrogens is 290 g/mol. The van der Waals surface area contributed by atoms with Crippen molar-refractivity contribution in [2.75, 3.05) is 17.7 Å². The molecule has 2 rings (SSSR count). The largest absolute Gasteiger partial charge is 0.496 e. The number of ether oxygens (including phenoxy) is 1. The highest BCUT2D eigenvalue weighted by Crippen LogP contribution is 2.19. The third kappa shape index (κ3) is 5.29. The molecule has 1 aromatic carbocycles. The molecule has 0 saturated heterocycles. The number of rotatable bonds is 8. The summed E-state index contributed by atoms with van der Waals surface area (Å²) < 4.78 is 5.33. The van der Waals surface area contributed by atoms with E-state index in [9.17, 15) is 4.79 Å². The van der Waals surface area contributed by atoms with E-state index in [0.29, 0.717) is 18.8 Å². The van der Waals surface area contributed by atoms with Gasteiger partial charge in [-0.3, -0.25) is 4.79 Å². The van der Waals surface area contributed by atoms with Crippen molar-refractivity contribution in [2.45, 2.75) is 32.7 Å². The van der Waals surface area contributed by atoms with Crippen molar-refractivity contribution < 1.29 is 9.53 Å². The molecule has 5 nitrogen and oxygen atoms in total. The van der Waals surface area contributed by atoms with Crippen LogP contribution in [0.4, 0.5) is 11.5 Å². The first kappa shape index (κ1) is 16.8. The lowest BCUT2D eigenvalue weighted by Gasteiger charge is -2.10. The maximum atomic E-state index is 11.7. The minimum atomic E-state index is 0.00841. The average Bonchev–Trinajstić information content (AvgIpc) is 2.59. The van der Waals surface area contributed by atoms with Crippen LogP contribution in [0.5, 0.6) is 5.75 Å². The molecule has 122 valence electrons. The van der Waals surface area contributed by atoms with Crippen molar-refractivity contribution in [1.82, 2.24) is 4.98 Å². The van der Waals surface area contributed by atoms with Crippen molar-refractivity contribution in [3.05, 3.63) is 48.2 Å². The Hall–Kier alpha value is -2.56. The number of hydrogen-bond acceptors (Lipinski definition) is 4. The van der Waals surface area contributed by atoms with Crippen LogP contribution in [-0.4, -0.2) is 18.0 Å². The Balaban J connectivity index is 1.88. The van der Waals surface area contributed by atoms with E-state index in [1.165, 1.54) is 0 Å². The number of unbranched alkanes of at least 4 members (excludes halogenated alkanes) is 1. The van der Waals surface area contributed by atoms with Gasteiger partial charge in [-0.15, -0.1) is 0 Å². The summed E-state index contributed by atoms with van der Waals surface area (Å²) in [5.74, 6) is 1.44. The number of nitrogens with zero attached hydrogens (tertiary/aromatic N) is 1. The molecule has 0 saturated carbocycles. The molecule has 5 heteroatoms. The number of benzene rings is 1. The van der Waals surface area contributed by atoms with Crippen LogP contribution in [0, 0.1) is 0 Å². The Morgan fingerprint density at radius 3 is 2.74 bits per heavy atom. The first-order chi connectivity index (χ1) is 11.2. The molecule has 1 amide bonds.